The number of ether oxygens (including phenoxy) is 2. The van der Waals surface area contributed by atoms with Crippen molar-refractivity contribution in [1.82, 2.24) is 0 Å². The van der Waals surface area contributed by atoms with Gasteiger partial charge in [-0.1, -0.05) is 35.6 Å². The van der Waals surface area contributed by atoms with Crippen LogP contribution in [-0.2, 0) is 9.47 Å². The molecular formula is C14H15ClO2. The van der Waals surface area contributed by atoms with Crippen molar-refractivity contribution in [2.75, 3.05) is 13.2 Å². The molecule has 90 valence electrons. The van der Waals surface area contributed by atoms with Gasteiger partial charge in [0.05, 0.1) is 5.02 Å². The Morgan fingerprint density at radius 1 is 1.35 bits per heavy atom. The summed E-state index contributed by atoms with van der Waals surface area (Å²) in [5, 5.41) is 0.675. The summed E-state index contributed by atoms with van der Waals surface area (Å²) in [7, 11) is 0. The van der Waals surface area contributed by atoms with Gasteiger partial charge in [-0.15, -0.1) is 0 Å². The van der Waals surface area contributed by atoms with Crippen LogP contribution in [0.3, 0.4) is 0 Å². The molecule has 0 aliphatic carbocycles. The second-order valence-electron chi connectivity index (χ2n) is 3.89. The van der Waals surface area contributed by atoms with E-state index in [4.69, 9.17) is 21.1 Å². The quantitative estimate of drug-likeness (QED) is 0.751. The zero-order valence-electron chi connectivity index (χ0n) is 9.62. The minimum absolute atomic E-state index is 0.0794. The van der Waals surface area contributed by atoms with Crippen molar-refractivity contribution in [3.63, 3.8) is 0 Å². The minimum Gasteiger partial charge on any atom is -0.353 e. The van der Waals surface area contributed by atoms with Crippen LogP contribution in [0.15, 0.2) is 24.3 Å². The van der Waals surface area contributed by atoms with Gasteiger partial charge in [-0.3, -0.25) is 0 Å². The van der Waals surface area contributed by atoms with Gasteiger partial charge in [-0.05, 0) is 31.4 Å². The van der Waals surface area contributed by atoms with E-state index in [1.807, 2.05) is 24.3 Å². The van der Waals surface area contributed by atoms with Crippen LogP contribution >= 0.6 is 11.6 Å². The van der Waals surface area contributed by atoms with Crippen LogP contribution < -0.4 is 0 Å². The summed E-state index contributed by atoms with van der Waals surface area (Å²) in [5.41, 5.74) is 0.835. The lowest BCUT2D eigenvalue weighted by Gasteiger charge is -2.21. The molecule has 1 unspecified atom stereocenters. The third-order valence-corrected chi connectivity index (χ3v) is 2.91. The molecule has 1 saturated heterocycles. The Morgan fingerprint density at radius 2 is 2.24 bits per heavy atom. The Hall–Kier alpha value is -1.01. The van der Waals surface area contributed by atoms with E-state index < -0.39 is 0 Å². The van der Waals surface area contributed by atoms with Crippen LogP contribution in [0.5, 0.6) is 0 Å². The van der Waals surface area contributed by atoms with E-state index in [-0.39, 0.29) is 6.29 Å². The maximum Gasteiger partial charge on any atom is 0.158 e. The van der Waals surface area contributed by atoms with E-state index in [2.05, 4.69) is 11.8 Å². The monoisotopic (exact) mass is 250 g/mol. The molecule has 2 rings (SSSR count). The van der Waals surface area contributed by atoms with Gasteiger partial charge in [0, 0.05) is 12.2 Å². The highest BCUT2D eigenvalue weighted by Crippen LogP contribution is 2.14. The first kappa shape index (κ1) is 12.4. The van der Waals surface area contributed by atoms with Crippen LogP contribution in [0.1, 0.15) is 24.8 Å². The summed E-state index contributed by atoms with van der Waals surface area (Å²) in [6, 6.07) is 7.53. The predicted molar refractivity (Wildman–Crippen MR) is 67.9 cm³/mol. The van der Waals surface area contributed by atoms with Crippen LogP contribution in [0.25, 0.3) is 0 Å². The Balaban J connectivity index is 1.80. The molecule has 0 spiro atoms. The lowest BCUT2D eigenvalue weighted by molar-refractivity contribution is -0.154. The topological polar surface area (TPSA) is 18.5 Å². The molecule has 0 aromatic heterocycles. The third-order valence-electron chi connectivity index (χ3n) is 2.58. The summed E-state index contributed by atoms with van der Waals surface area (Å²) < 4.78 is 10.9. The molecule has 1 aliphatic heterocycles. The standard InChI is InChI=1S/C14H15ClO2/c15-13-8-2-1-6-12(13)7-5-11-17-14-9-3-4-10-16-14/h1-2,6,8,14H,3-4,9-11H2. The maximum atomic E-state index is 5.98. The zero-order valence-corrected chi connectivity index (χ0v) is 10.4. The van der Waals surface area contributed by atoms with Crippen molar-refractivity contribution in [1.29, 1.82) is 0 Å². The fourth-order valence-electron chi connectivity index (χ4n) is 1.67. The van der Waals surface area contributed by atoms with Gasteiger partial charge < -0.3 is 9.47 Å². The largest absolute Gasteiger partial charge is 0.353 e. The van der Waals surface area contributed by atoms with E-state index in [9.17, 15) is 0 Å². The van der Waals surface area contributed by atoms with Crippen molar-refractivity contribution in [2.24, 2.45) is 0 Å². The van der Waals surface area contributed by atoms with Crippen LogP contribution in [0.2, 0.25) is 5.02 Å². The molecule has 3 heteroatoms. The Labute approximate surface area is 107 Å². The molecule has 1 aromatic rings. The number of hydrogen-bond acceptors (Lipinski definition) is 2. The highest BCUT2D eigenvalue weighted by atomic mass is 35.5. The average molecular weight is 251 g/mol. The molecule has 0 N–H and O–H groups in total. The summed E-state index contributed by atoms with van der Waals surface area (Å²) in [4.78, 5) is 0. The normalized spacial score (nSPS) is 19.5. The highest BCUT2D eigenvalue weighted by Gasteiger charge is 2.12. The van der Waals surface area contributed by atoms with Crippen LogP contribution in [0.4, 0.5) is 0 Å². The number of rotatable bonds is 2. The number of benzene rings is 1. The highest BCUT2D eigenvalue weighted by molar-refractivity contribution is 6.31. The lowest BCUT2D eigenvalue weighted by atomic mass is 10.2. The summed E-state index contributed by atoms with van der Waals surface area (Å²) >= 11 is 5.98. The fraction of sp³-hybridized carbons (Fsp3) is 0.429. The molecule has 0 amide bonds. The van der Waals surface area contributed by atoms with Gasteiger partial charge in [0.2, 0.25) is 0 Å². The van der Waals surface area contributed by atoms with Crippen LogP contribution in [0, 0.1) is 11.8 Å². The zero-order chi connectivity index (χ0) is 11.9. The van der Waals surface area contributed by atoms with E-state index in [0.717, 1.165) is 25.0 Å². The van der Waals surface area contributed by atoms with Crippen LogP contribution in [-0.4, -0.2) is 19.5 Å². The van der Waals surface area contributed by atoms with Gasteiger partial charge >= 0.3 is 0 Å². The Morgan fingerprint density at radius 3 is 3.00 bits per heavy atom. The van der Waals surface area contributed by atoms with Gasteiger partial charge in [0.15, 0.2) is 6.29 Å². The molecule has 1 aromatic carbocycles. The molecule has 1 atom stereocenters. The average Bonchev–Trinajstić information content (AvgIpc) is 2.38. The Kier molecular flexibility index (Phi) is 4.88. The van der Waals surface area contributed by atoms with Crippen molar-refractivity contribution in [2.45, 2.75) is 25.6 Å². The smallest absolute Gasteiger partial charge is 0.158 e. The predicted octanol–water partition coefficient (Wildman–Crippen LogP) is 3.23. The SMILES string of the molecule is Clc1ccccc1C#CCOC1CCCCO1. The second-order valence-corrected chi connectivity index (χ2v) is 4.30. The molecule has 1 heterocycles. The summed E-state index contributed by atoms with van der Waals surface area (Å²) in [5.74, 6) is 5.94. The number of hydrogen-bond donors (Lipinski definition) is 0. The van der Waals surface area contributed by atoms with Crippen molar-refractivity contribution >= 4 is 11.6 Å². The van der Waals surface area contributed by atoms with Crippen molar-refractivity contribution < 1.29 is 9.47 Å². The lowest BCUT2D eigenvalue weighted by Crippen LogP contribution is -2.22. The Bertz CT molecular complexity index is 414. The first-order chi connectivity index (χ1) is 8.36. The van der Waals surface area contributed by atoms with Gasteiger partial charge in [-0.25, -0.2) is 0 Å². The molecular weight excluding hydrogens is 236 g/mol. The molecule has 0 bridgehead atoms. The second kappa shape index (κ2) is 6.66. The molecule has 17 heavy (non-hydrogen) atoms. The van der Waals surface area contributed by atoms with Gasteiger partial charge in [0.1, 0.15) is 6.61 Å². The third kappa shape index (κ3) is 4.05. The molecule has 2 nitrogen and oxygen atoms in total. The first-order valence-electron chi connectivity index (χ1n) is 5.83. The molecule has 1 aliphatic rings. The van der Waals surface area contributed by atoms with E-state index in [1.54, 1.807) is 0 Å². The molecule has 1 fully saturated rings. The van der Waals surface area contributed by atoms with E-state index in [1.165, 1.54) is 6.42 Å². The first-order valence-corrected chi connectivity index (χ1v) is 6.20. The van der Waals surface area contributed by atoms with Gasteiger partial charge in [0.25, 0.3) is 0 Å². The molecule has 0 radical (unpaired) electrons. The summed E-state index contributed by atoms with van der Waals surface area (Å²) in [6.45, 7) is 1.18. The molecule has 0 saturated carbocycles. The number of halogens is 1. The van der Waals surface area contributed by atoms with Crippen molar-refractivity contribution in [3.8, 4) is 11.8 Å². The van der Waals surface area contributed by atoms with E-state index >= 15 is 0 Å². The van der Waals surface area contributed by atoms with E-state index in [0.29, 0.717) is 11.6 Å². The van der Waals surface area contributed by atoms with Crippen molar-refractivity contribution in [3.05, 3.63) is 34.9 Å². The maximum absolute atomic E-state index is 5.98. The van der Waals surface area contributed by atoms with Gasteiger partial charge in [-0.2, -0.15) is 0 Å². The fourth-order valence-corrected chi connectivity index (χ4v) is 1.85. The minimum atomic E-state index is -0.0794. The summed E-state index contributed by atoms with van der Waals surface area (Å²) in [6.07, 6.45) is 3.19.